The molecular weight excluding hydrogens is 216 g/mol. The molecule has 0 radical (unpaired) electrons. The third kappa shape index (κ3) is 2.30. The highest BCUT2D eigenvalue weighted by Crippen LogP contribution is 2.26. The maximum Gasteiger partial charge on any atom is 0.150 e. The van der Waals surface area contributed by atoms with E-state index in [2.05, 4.69) is 9.97 Å². The van der Waals surface area contributed by atoms with Gasteiger partial charge in [-0.2, -0.15) is 0 Å². The van der Waals surface area contributed by atoms with Crippen molar-refractivity contribution in [1.29, 1.82) is 0 Å². The molecule has 0 saturated heterocycles. The monoisotopic (exact) mass is 228 g/mol. The van der Waals surface area contributed by atoms with Crippen molar-refractivity contribution >= 4 is 6.29 Å². The van der Waals surface area contributed by atoms with E-state index < -0.39 is 0 Å². The van der Waals surface area contributed by atoms with Crippen LogP contribution in [-0.2, 0) is 0 Å². The number of benzene rings is 1. The Morgan fingerprint density at radius 3 is 2.53 bits per heavy atom. The number of aromatic nitrogens is 2. The van der Waals surface area contributed by atoms with E-state index in [9.17, 15) is 4.79 Å². The highest BCUT2D eigenvalue weighted by molar-refractivity contribution is 5.87. The van der Waals surface area contributed by atoms with Gasteiger partial charge in [0.2, 0.25) is 0 Å². The Kier molecular flexibility index (Phi) is 3.14. The summed E-state index contributed by atoms with van der Waals surface area (Å²) in [5.74, 6) is 1.40. The Labute approximate surface area is 99.3 Å². The van der Waals surface area contributed by atoms with E-state index in [-0.39, 0.29) is 0 Å². The normalized spacial score (nSPS) is 10.0. The van der Waals surface area contributed by atoms with Crippen molar-refractivity contribution in [3.8, 4) is 16.9 Å². The molecule has 4 nitrogen and oxygen atoms in total. The molecule has 1 aromatic carbocycles. The molecule has 0 aliphatic rings. The minimum atomic E-state index is 0.596. The number of nitrogens with zero attached hydrogens (tertiary/aromatic N) is 2. The van der Waals surface area contributed by atoms with Gasteiger partial charge in [0.1, 0.15) is 11.6 Å². The van der Waals surface area contributed by atoms with E-state index in [4.69, 9.17) is 4.74 Å². The molecule has 0 fully saturated rings. The predicted octanol–water partition coefficient (Wildman–Crippen LogP) is 2.27. The number of hydrogen-bond donors (Lipinski definition) is 0. The Balaban J connectivity index is 2.55. The van der Waals surface area contributed by atoms with Crippen LogP contribution in [-0.4, -0.2) is 23.4 Å². The summed E-state index contributed by atoms with van der Waals surface area (Å²) in [5, 5.41) is 0. The second kappa shape index (κ2) is 4.74. The third-order valence-electron chi connectivity index (χ3n) is 2.48. The summed E-state index contributed by atoms with van der Waals surface area (Å²) in [6.07, 6.45) is 4.21. The molecule has 0 aliphatic carbocycles. The Bertz CT molecular complexity index is 536. The molecule has 0 amide bonds. The maximum absolute atomic E-state index is 11.0. The molecule has 0 spiro atoms. The van der Waals surface area contributed by atoms with Crippen molar-refractivity contribution < 1.29 is 9.53 Å². The Hall–Kier alpha value is -2.23. The van der Waals surface area contributed by atoms with Gasteiger partial charge in [0.25, 0.3) is 0 Å². The van der Waals surface area contributed by atoms with Crippen LogP contribution >= 0.6 is 0 Å². The van der Waals surface area contributed by atoms with Crippen LogP contribution in [0.2, 0.25) is 0 Å². The van der Waals surface area contributed by atoms with Gasteiger partial charge in [-0.1, -0.05) is 0 Å². The molecule has 0 N–H and O–H groups in total. The lowest BCUT2D eigenvalue weighted by atomic mass is 10.0. The van der Waals surface area contributed by atoms with E-state index in [1.807, 2.05) is 6.92 Å². The molecule has 0 unspecified atom stereocenters. The Morgan fingerprint density at radius 2 is 1.94 bits per heavy atom. The van der Waals surface area contributed by atoms with Crippen LogP contribution < -0.4 is 4.74 Å². The smallest absolute Gasteiger partial charge is 0.150 e. The van der Waals surface area contributed by atoms with E-state index in [1.54, 1.807) is 37.7 Å². The molecule has 2 rings (SSSR count). The lowest BCUT2D eigenvalue weighted by Gasteiger charge is -2.07. The summed E-state index contributed by atoms with van der Waals surface area (Å²) in [4.78, 5) is 19.2. The van der Waals surface area contributed by atoms with Gasteiger partial charge in [-0.15, -0.1) is 0 Å². The minimum Gasteiger partial charge on any atom is -0.497 e. The van der Waals surface area contributed by atoms with Gasteiger partial charge in [0.05, 0.1) is 7.11 Å². The van der Waals surface area contributed by atoms with Crippen LogP contribution in [0.1, 0.15) is 16.2 Å². The predicted molar refractivity (Wildman–Crippen MR) is 64.1 cm³/mol. The maximum atomic E-state index is 11.0. The van der Waals surface area contributed by atoms with Gasteiger partial charge in [0.15, 0.2) is 6.29 Å². The topological polar surface area (TPSA) is 52.1 Å². The average molecular weight is 228 g/mol. The molecule has 0 atom stereocenters. The first-order valence-electron chi connectivity index (χ1n) is 5.17. The van der Waals surface area contributed by atoms with Crippen LogP contribution in [0.15, 0.2) is 30.6 Å². The van der Waals surface area contributed by atoms with E-state index in [0.29, 0.717) is 17.1 Å². The van der Waals surface area contributed by atoms with Crippen molar-refractivity contribution in [1.82, 2.24) is 9.97 Å². The summed E-state index contributed by atoms with van der Waals surface area (Å²) in [5.41, 5.74) is 2.18. The quantitative estimate of drug-likeness (QED) is 0.756. The van der Waals surface area contributed by atoms with Crippen molar-refractivity contribution in [2.24, 2.45) is 0 Å². The summed E-state index contributed by atoms with van der Waals surface area (Å²) in [6.45, 7) is 1.82. The molecular formula is C13H12N2O2. The van der Waals surface area contributed by atoms with E-state index in [0.717, 1.165) is 17.4 Å². The van der Waals surface area contributed by atoms with Crippen LogP contribution in [0.4, 0.5) is 0 Å². The fraction of sp³-hybridized carbons (Fsp3) is 0.154. The first-order chi connectivity index (χ1) is 8.24. The average Bonchev–Trinajstić information content (AvgIpc) is 2.39. The minimum absolute atomic E-state index is 0.596. The fourth-order valence-electron chi connectivity index (χ4n) is 1.55. The molecule has 2 aromatic rings. The zero-order valence-corrected chi connectivity index (χ0v) is 9.68. The van der Waals surface area contributed by atoms with E-state index in [1.165, 1.54) is 0 Å². The SMILES string of the molecule is COc1ccc(C=O)c(-c2cnc(C)nc2)c1. The van der Waals surface area contributed by atoms with Crippen molar-refractivity contribution in [2.45, 2.75) is 6.92 Å². The number of ether oxygens (including phenoxy) is 1. The Morgan fingerprint density at radius 1 is 1.24 bits per heavy atom. The first kappa shape index (κ1) is 11.3. The van der Waals surface area contributed by atoms with E-state index >= 15 is 0 Å². The van der Waals surface area contributed by atoms with Gasteiger partial charge in [-0.05, 0) is 30.7 Å². The van der Waals surface area contributed by atoms with Gasteiger partial charge in [-0.25, -0.2) is 9.97 Å². The van der Waals surface area contributed by atoms with Crippen LogP contribution in [0.5, 0.6) is 5.75 Å². The summed E-state index contributed by atoms with van der Waals surface area (Å²) >= 11 is 0. The van der Waals surface area contributed by atoms with Crippen LogP contribution in [0, 0.1) is 6.92 Å². The zero-order chi connectivity index (χ0) is 12.3. The molecule has 0 bridgehead atoms. The van der Waals surface area contributed by atoms with Gasteiger partial charge in [-0.3, -0.25) is 4.79 Å². The number of aryl methyl sites for hydroxylation is 1. The molecule has 1 aromatic heterocycles. The second-order valence-electron chi connectivity index (χ2n) is 3.59. The van der Waals surface area contributed by atoms with Gasteiger partial charge >= 0.3 is 0 Å². The number of rotatable bonds is 3. The lowest BCUT2D eigenvalue weighted by Crippen LogP contribution is -1.93. The van der Waals surface area contributed by atoms with Crippen LogP contribution in [0.3, 0.4) is 0 Å². The largest absolute Gasteiger partial charge is 0.497 e. The fourth-order valence-corrected chi connectivity index (χ4v) is 1.55. The van der Waals surface area contributed by atoms with Gasteiger partial charge in [0, 0.05) is 23.5 Å². The third-order valence-corrected chi connectivity index (χ3v) is 2.48. The summed E-state index contributed by atoms with van der Waals surface area (Å²) in [7, 11) is 1.59. The highest BCUT2D eigenvalue weighted by atomic mass is 16.5. The summed E-state index contributed by atoms with van der Waals surface area (Å²) < 4.78 is 5.14. The van der Waals surface area contributed by atoms with Gasteiger partial charge < -0.3 is 4.74 Å². The van der Waals surface area contributed by atoms with Crippen molar-refractivity contribution in [2.75, 3.05) is 7.11 Å². The molecule has 4 heteroatoms. The molecule has 17 heavy (non-hydrogen) atoms. The molecule has 86 valence electrons. The number of hydrogen-bond acceptors (Lipinski definition) is 4. The number of carbonyl (C=O) groups is 1. The molecule has 1 heterocycles. The highest BCUT2D eigenvalue weighted by Gasteiger charge is 2.07. The van der Waals surface area contributed by atoms with Crippen molar-refractivity contribution in [3.63, 3.8) is 0 Å². The number of aldehydes is 1. The second-order valence-corrected chi connectivity index (χ2v) is 3.59. The number of methoxy groups -OCH3 is 1. The summed E-state index contributed by atoms with van der Waals surface area (Å²) in [6, 6.07) is 5.28. The standard InChI is InChI=1S/C13H12N2O2/c1-9-14-6-11(7-15-9)13-5-12(17-2)4-3-10(13)8-16/h3-8H,1-2H3. The zero-order valence-electron chi connectivity index (χ0n) is 9.68. The first-order valence-corrected chi connectivity index (χ1v) is 5.17. The molecule has 0 saturated carbocycles. The molecule has 0 aliphatic heterocycles. The lowest BCUT2D eigenvalue weighted by molar-refractivity contribution is 0.112. The van der Waals surface area contributed by atoms with Crippen molar-refractivity contribution in [3.05, 3.63) is 42.0 Å². The van der Waals surface area contributed by atoms with Crippen LogP contribution in [0.25, 0.3) is 11.1 Å². The number of carbonyl (C=O) groups excluding carboxylic acids is 1.